The maximum absolute atomic E-state index is 11.9. The van der Waals surface area contributed by atoms with Crippen molar-refractivity contribution in [3.8, 4) is 0 Å². The molecule has 0 radical (unpaired) electrons. The second-order valence-electron chi connectivity index (χ2n) is 4.32. The highest BCUT2D eigenvalue weighted by molar-refractivity contribution is 6.01. The molecule has 0 bridgehead atoms. The van der Waals surface area contributed by atoms with Gasteiger partial charge in [-0.1, -0.05) is 24.3 Å². The van der Waals surface area contributed by atoms with Gasteiger partial charge >= 0.3 is 5.97 Å². The number of hydrogen-bond acceptors (Lipinski definition) is 3. The zero-order chi connectivity index (χ0) is 14.5. The van der Waals surface area contributed by atoms with Crippen LogP contribution in [0.25, 0.3) is 0 Å². The van der Waals surface area contributed by atoms with Gasteiger partial charge < -0.3 is 16.2 Å². The van der Waals surface area contributed by atoms with Crippen molar-refractivity contribution in [3.63, 3.8) is 0 Å². The van der Waals surface area contributed by atoms with Gasteiger partial charge in [-0.3, -0.25) is 4.79 Å². The average molecular weight is 270 g/mol. The minimum Gasteiger partial charge on any atom is -0.478 e. The number of rotatable bonds is 4. The van der Waals surface area contributed by atoms with Gasteiger partial charge in [0.2, 0.25) is 5.91 Å². The number of aromatic carboxylic acids is 1. The highest BCUT2D eigenvalue weighted by Crippen LogP contribution is 2.15. The standard InChI is InChI=1S/C15H14N2O3/c16-11-5-3-4-10(8-11)9-14(18)17-13-7-2-1-6-12(13)15(19)20/h1-8H,9,16H2,(H,17,18)(H,19,20). The smallest absolute Gasteiger partial charge is 0.337 e. The molecule has 0 unspecified atom stereocenters. The summed E-state index contributed by atoms with van der Waals surface area (Å²) >= 11 is 0. The molecule has 0 saturated carbocycles. The second kappa shape index (κ2) is 5.88. The van der Waals surface area contributed by atoms with Crippen LogP contribution in [-0.4, -0.2) is 17.0 Å². The molecule has 2 aromatic carbocycles. The van der Waals surface area contributed by atoms with Crippen LogP contribution in [0.15, 0.2) is 48.5 Å². The van der Waals surface area contributed by atoms with Crippen molar-refractivity contribution >= 4 is 23.3 Å². The molecule has 2 rings (SSSR count). The van der Waals surface area contributed by atoms with Gasteiger partial charge in [-0.2, -0.15) is 0 Å². The van der Waals surface area contributed by atoms with Crippen molar-refractivity contribution in [2.24, 2.45) is 0 Å². The number of amides is 1. The SMILES string of the molecule is Nc1cccc(CC(=O)Nc2ccccc2C(=O)O)c1. The number of carboxylic acids is 1. The van der Waals surface area contributed by atoms with Crippen molar-refractivity contribution < 1.29 is 14.7 Å². The molecular formula is C15H14N2O3. The molecule has 0 aliphatic rings. The van der Waals surface area contributed by atoms with Gasteiger partial charge in [-0.25, -0.2) is 4.79 Å². The summed E-state index contributed by atoms with van der Waals surface area (Å²) in [6.45, 7) is 0. The van der Waals surface area contributed by atoms with E-state index in [0.29, 0.717) is 5.69 Å². The summed E-state index contributed by atoms with van der Waals surface area (Å²) in [5.74, 6) is -1.37. The molecule has 0 aliphatic carbocycles. The van der Waals surface area contributed by atoms with Crippen LogP contribution in [0.4, 0.5) is 11.4 Å². The van der Waals surface area contributed by atoms with Crippen molar-refractivity contribution in [1.29, 1.82) is 0 Å². The molecule has 5 heteroatoms. The van der Waals surface area contributed by atoms with E-state index in [1.807, 2.05) is 0 Å². The molecule has 4 N–H and O–H groups in total. The van der Waals surface area contributed by atoms with E-state index in [1.54, 1.807) is 42.5 Å². The second-order valence-corrected chi connectivity index (χ2v) is 4.32. The van der Waals surface area contributed by atoms with Crippen LogP contribution < -0.4 is 11.1 Å². The topological polar surface area (TPSA) is 92.4 Å². The fraction of sp³-hybridized carbons (Fsp3) is 0.0667. The molecule has 0 spiro atoms. The summed E-state index contributed by atoms with van der Waals surface area (Å²) in [6.07, 6.45) is 0.138. The number of nitrogen functional groups attached to an aromatic ring is 1. The van der Waals surface area contributed by atoms with Crippen LogP contribution in [0.3, 0.4) is 0 Å². The van der Waals surface area contributed by atoms with Gasteiger partial charge in [-0.15, -0.1) is 0 Å². The molecule has 5 nitrogen and oxygen atoms in total. The lowest BCUT2D eigenvalue weighted by atomic mass is 10.1. The van der Waals surface area contributed by atoms with Crippen molar-refractivity contribution in [2.45, 2.75) is 6.42 Å². The Morgan fingerprint density at radius 3 is 2.55 bits per heavy atom. The van der Waals surface area contributed by atoms with E-state index in [2.05, 4.69) is 5.32 Å². The lowest BCUT2D eigenvalue weighted by Crippen LogP contribution is -2.16. The maximum atomic E-state index is 11.9. The van der Waals surface area contributed by atoms with E-state index < -0.39 is 5.97 Å². The molecule has 0 aromatic heterocycles. The van der Waals surface area contributed by atoms with E-state index in [0.717, 1.165) is 5.56 Å². The molecular weight excluding hydrogens is 256 g/mol. The quantitative estimate of drug-likeness (QED) is 0.742. The summed E-state index contributed by atoms with van der Waals surface area (Å²) in [6, 6.07) is 13.3. The van der Waals surface area contributed by atoms with Crippen LogP contribution in [0.5, 0.6) is 0 Å². The number of carbonyl (C=O) groups is 2. The number of hydrogen-bond donors (Lipinski definition) is 3. The number of nitrogens with two attached hydrogens (primary N) is 1. The van der Waals surface area contributed by atoms with Crippen LogP contribution >= 0.6 is 0 Å². The summed E-state index contributed by atoms with van der Waals surface area (Å²) in [5, 5.41) is 11.6. The van der Waals surface area contributed by atoms with Gasteiger partial charge in [0, 0.05) is 5.69 Å². The molecule has 1 amide bonds. The van der Waals surface area contributed by atoms with E-state index in [-0.39, 0.29) is 23.6 Å². The summed E-state index contributed by atoms with van der Waals surface area (Å²) < 4.78 is 0. The van der Waals surface area contributed by atoms with Gasteiger partial charge in [0.1, 0.15) is 0 Å². The summed E-state index contributed by atoms with van der Waals surface area (Å²) in [5.41, 5.74) is 7.35. The zero-order valence-corrected chi connectivity index (χ0v) is 10.7. The van der Waals surface area contributed by atoms with Gasteiger partial charge in [0.15, 0.2) is 0 Å². The Morgan fingerprint density at radius 2 is 1.85 bits per heavy atom. The van der Waals surface area contributed by atoms with E-state index in [1.165, 1.54) is 6.07 Å². The molecule has 20 heavy (non-hydrogen) atoms. The van der Waals surface area contributed by atoms with Gasteiger partial charge in [-0.05, 0) is 29.8 Å². The van der Waals surface area contributed by atoms with Crippen LogP contribution in [-0.2, 0) is 11.2 Å². The summed E-state index contributed by atoms with van der Waals surface area (Å²) in [4.78, 5) is 23.0. The first-order valence-corrected chi connectivity index (χ1v) is 6.03. The Kier molecular flexibility index (Phi) is 4.00. The molecule has 0 fully saturated rings. The minimum absolute atomic E-state index is 0.0634. The van der Waals surface area contributed by atoms with Crippen LogP contribution in [0.2, 0.25) is 0 Å². The monoisotopic (exact) mass is 270 g/mol. The molecule has 2 aromatic rings. The van der Waals surface area contributed by atoms with E-state index in [4.69, 9.17) is 10.8 Å². The van der Waals surface area contributed by atoms with Crippen LogP contribution in [0, 0.1) is 0 Å². The number of carboxylic acid groups (broad SMARTS) is 1. The predicted octanol–water partition coefficient (Wildman–Crippen LogP) is 2.15. The third kappa shape index (κ3) is 3.35. The van der Waals surface area contributed by atoms with Crippen LogP contribution in [0.1, 0.15) is 15.9 Å². The Hall–Kier alpha value is -2.82. The van der Waals surface area contributed by atoms with Crippen molar-refractivity contribution in [2.75, 3.05) is 11.1 Å². The number of para-hydroxylation sites is 1. The molecule has 0 atom stereocenters. The molecule has 0 aliphatic heterocycles. The fourth-order valence-electron chi connectivity index (χ4n) is 1.86. The zero-order valence-electron chi connectivity index (χ0n) is 10.7. The molecule has 0 heterocycles. The first kappa shape index (κ1) is 13.6. The molecule has 102 valence electrons. The van der Waals surface area contributed by atoms with Gasteiger partial charge in [0.05, 0.1) is 17.7 Å². The third-order valence-electron chi connectivity index (χ3n) is 2.75. The first-order valence-electron chi connectivity index (χ1n) is 6.03. The predicted molar refractivity (Wildman–Crippen MR) is 76.6 cm³/mol. The normalized spacial score (nSPS) is 10.0. The van der Waals surface area contributed by atoms with E-state index >= 15 is 0 Å². The molecule has 0 saturated heterocycles. The highest BCUT2D eigenvalue weighted by atomic mass is 16.4. The number of anilines is 2. The lowest BCUT2D eigenvalue weighted by Gasteiger charge is -2.08. The van der Waals surface area contributed by atoms with E-state index in [9.17, 15) is 9.59 Å². The highest BCUT2D eigenvalue weighted by Gasteiger charge is 2.11. The lowest BCUT2D eigenvalue weighted by molar-refractivity contribution is -0.115. The van der Waals surface area contributed by atoms with Crippen molar-refractivity contribution in [1.82, 2.24) is 0 Å². The first-order chi connectivity index (χ1) is 9.56. The Labute approximate surface area is 116 Å². The minimum atomic E-state index is -1.08. The fourth-order valence-corrected chi connectivity index (χ4v) is 1.86. The summed E-state index contributed by atoms with van der Waals surface area (Å²) in [7, 11) is 0. The number of nitrogens with one attached hydrogen (secondary N) is 1. The third-order valence-corrected chi connectivity index (χ3v) is 2.75. The maximum Gasteiger partial charge on any atom is 0.337 e. The van der Waals surface area contributed by atoms with Gasteiger partial charge in [0.25, 0.3) is 0 Å². The number of benzene rings is 2. The van der Waals surface area contributed by atoms with Crippen molar-refractivity contribution in [3.05, 3.63) is 59.7 Å². The Balaban J connectivity index is 2.11. The largest absolute Gasteiger partial charge is 0.478 e. The Bertz CT molecular complexity index is 653. The average Bonchev–Trinajstić information content (AvgIpc) is 2.38. The Morgan fingerprint density at radius 1 is 1.10 bits per heavy atom. The number of carbonyl (C=O) groups excluding carboxylic acids is 1.